The molecule has 0 bridgehead atoms. The van der Waals surface area contributed by atoms with Crippen molar-refractivity contribution < 1.29 is 13.2 Å². The highest BCUT2D eigenvalue weighted by Gasteiger charge is 2.15. The van der Waals surface area contributed by atoms with Crippen LogP contribution < -0.4 is 5.32 Å². The molecule has 19 heavy (non-hydrogen) atoms. The summed E-state index contributed by atoms with van der Waals surface area (Å²) in [6.45, 7) is 4.27. The summed E-state index contributed by atoms with van der Waals surface area (Å²) in [5.41, 5.74) is 1.89. The third-order valence-corrected chi connectivity index (χ3v) is 5.78. The number of halogens is 1. The van der Waals surface area contributed by atoms with E-state index in [-0.39, 0.29) is 11.0 Å². The average Bonchev–Trinajstić information content (AvgIpc) is 2.33. The van der Waals surface area contributed by atoms with E-state index < -0.39 is 9.84 Å². The van der Waals surface area contributed by atoms with Gasteiger partial charge in [0.25, 0.3) is 0 Å². The Hall–Kier alpha value is -0.590. The number of hydrogen-bond acceptors (Lipinski definition) is 4. The molecule has 0 atom stereocenters. The van der Waals surface area contributed by atoms with Crippen molar-refractivity contribution in [1.29, 1.82) is 0 Å². The van der Waals surface area contributed by atoms with Crippen LogP contribution in [-0.4, -0.2) is 33.1 Å². The largest absolute Gasteiger partial charge is 0.384 e. The minimum Gasteiger partial charge on any atom is -0.384 e. The van der Waals surface area contributed by atoms with Gasteiger partial charge in [-0.2, -0.15) is 0 Å². The van der Waals surface area contributed by atoms with E-state index in [4.69, 9.17) is 4.74 Å². The summed E-state index contributed by atoms with van der Waals surface area (Å²) in [5, 5.41) is 2.82. The van der Waals surface area contributed by atoms with Crippen LogP contribution in [0.2, 0.25) is 0 Å². The minimum atomic E-state index is -3.01. The molecule has 0 aliphatic rings. The lowest BCUT2D eigenvalue weighted by Crippen LogP contribution is -2.23. The number of sulfone groups is 1. The number of methoxy groups -OCH3 is 1. The molecule has 0 saturated carbocycles. The molecule has 0 aromatic heterocycles. The van der Waals surface area contributed by atoms with Gasteiger partial charge in [-0.05, 0) is 26.0 Å². The highest BCUT2D eigenvalue weighted by molar-refractivity contribution is 9.10. The van der Waals surface area contributed by atoms with Gasteiger partial charge in [0.2, 0.25) is 0 Å². The lowest BCUT2D eigenvalue weighted by Gasteiger charge is -2.14. The van der Waals surface area contributed by atoms with Crippen molar-refractivity contribution >= 4 is 31.5 Å². The molecular weight excluding hydrogens is 330 g/mol. The SMILES string of the molecule is COCc1c(Br)cccc1NCCS(=O)(=O)C(C)C. The zero-order valence-corrected chi connectivity index (χ0v) is 13.8. The molecule has 0 unspecified atom stereocenters. The van der Waals surface area contributed by atoms with Crippen molar-refractivity contribution in [3.63, 3.8) is 0 Å². The first kappa shape index (κ1) is 16.5. The Labute approximate surface area is 123 Å². The van der Waals surface area contributed by atoms with E-state index in [1.165, 1.54) is 0 Å². The standard InChI is InChI=1S/C13H20BrNO3S/c1-10(2)19(16,17)8-7-15-13-6-4-5-12(14)11(13)9-18-3/h4-6,10,15H,7-9H2,1-3H3. The molecule has 0 amide bonds. The van der Waals surface area contributed by atoms with Crippen LogP contribution in [0.3, 0.4) is 0 Å². The number of rotatable bonds is 7. The quantitative estimate of drug-likeness (QED) is 0.822. The van der Waals surface area contributed by atoms with Gasteiger partial charge in [0.15, 0.2) is 9.84 Å². The second-order valence-corrected chi connectivity index (χ2v) is 8.07. The predicted octanol–water partition coefficient (Wildman–Crippen LogP) is 2.83. The van der Waals surface area contributed by atoms with E-state index in [0.717, 1.165) is 15.7 Å². The van der Waals surface area contributed by atoms with Crippen LogP contribution in [0.1, 0.15) is 19.4 Å². The fourth-order valence-electron chi connectivity index (χ4n) is 1.58. The molecule has 0 radical (unpaired) electrons. The molecule has 0 spiro atoms. The smallest absolute Gasteiger partial charge is 0.154 e. The lowest BCUT2D eigenvalue weighted by atomic mass is 10.2. The molecule has 1 aromatic rings. The first-order valence-electron chi connectivity index (χ1n) is 6.10. The zero-order valence-electron chi connectivity index (χ0n) is 11.4. The van der Waals surface area contributed by atoms with Crippen LogP contribution in [0.5, 0.6) is 0 Å². The van der Waals surface area contributed by atoms with Gasteiger partial charge in [-0.15, -0.1) is 0 Å². The Morgan fingerprint density at radius 1 is 1.37 bits per heavy atom. The molecule has 108 valence electrons. The normalized spacial score (nSPS) is 11.8. The van der Waals surface area contributed by atoms with Crippen molar-refractivity contribution in [1.82, 2.24) is 0 Å². The summed E-state index contributed by atoms with van der Waals surface area (Å²) >= 11 is 3.46. The van der Waals surface area contributed by atoms with Crippen molar-refractivity contribution in [2.75, 3.05) is 24.7 Å². The third-order valence-electron chi connectivity index (χ3n) is 2.83. The van der Waals surface area contributed by atoms with Crippen molar-refractivity contribution in [2.24, 2.45) is 0 Å². The highest BCUT2D eigenvalue weighted by atomic mass is 79.9. The second-order valence-electron chi connectivity index (χ2n) is 4.54. The van der Waals surface area contributed by atoms with Crippen LogP contribution in [-0.2, 0) is 21.2 Å². The van der Waals surface area contributed by atoms with Crippen LogP contribution >= 0.6 is 15.9 Å². The van der Waals surface area contributed by atoms with E-state index >= 15 is 0 Å². The van der Waals surface area contributed by atoms with Gasteiger partial charge >= 0.3 is 0 Å². The molecule has 0 aliphatic carbocycles. The first-order valence-corrected chi connectivity index (χ1v) is 8.61. The molecule has 0 fully saturated rings. The van der Waals surface area contributed by atoms with Gasteiger partial charge in [0.1, 0.15) is 0 Å². The summed E-state index contributed by atoms with van der Waals surface area (Å²) in [4.78, 5) is 0. The Balaban J connectivity index is 2.71. The fraction of sp³-hybridized carbons (Fsp3) is 0.538. The molecule has 0 saturated heterocycles. The molecule has 1 aromatic carbocycles. The average molecular weight is 350 g/mol. The van der Waals surface area contributed by atoms with E-state index in [1.54, 1.807) is 21.0 Å². The highest BCUT2D eigenvalue weighted by Crippen LogP contribution is 2.25. The van der Waals surface area contributed by atoms with E-state index in [1.807, 2.05) is 18.2 Å². The van der Waals surface area contributed by atoms with Gasteiger partial charge in [-0.1, -0.05) is 22.0 Å². The number of benzene rings is 1. The maximum Gasteiger partial charge on any atom is 0.154 e. The lowest BCUT2D eigenvalue weighted by molar-refractivity contribution is 0.185. The monoisotopic (exact) mass is 349 g/mol. The molecule has 4 nitrogen and oxygen atoms in total. The molecular formula is C13H20BrNO3S. The van der Waals surface area contributed by atoms with E-state index in [0.29, 0.717) is 13.2 Å². The van der Waals surface area contributed by atoms with Crippen LogP contribution in [0.25, 0.3) is 0 Å². The Kier molecular flexibility index (Phi) is 6.29. The number of ether oxygens (including phenoxy) is 1. The topological polar surface area (TPSA) is 55.4 Å². The zero-order chi connectivity index (χ0) is 14.5. The Morgan fingerprint density at radius 3 is 2.63 bits per heavy atom. The fourth-order valence-corrected chi connectivity index (χ4v) is 2.92. The van der Waals surface area contributed by atoms with E-state index in [2.05, 4.69) is 21.2 Å². The van der Waals surface area contributed by atoms with Crippen LogP contribution in [0.4, 0.5) is 5.69 Å². The third kappa shape index (κ3) is 4.78. The van der Waals surface area contributed by atoms with Crippen molar-refractivity contribution in [3.05, 3.63) is 28.2 Å². The van der Waals surface area contributed by atoms with Crippen molar-refractivity contribution in [2.45, 2.75) is 25.7 Å². The van der Waals surface area contributed by atoms with Gasteiger partial charge in [0.05, 0.1) is 17.6 Å². The van der Waals surface area contributed by atoms with Gasteiger partial charge in [-0.25, -0.2) is 8.42 Å². The molecule has 6 heteroatoms. The summed E-state index contributed by atoms with van der Waals surface area (Å²) < 4.78 is 29.5. The van der Waals surface area contributed by atoms with E-state index in [9.17, 15) is 8.42 Å². The number of nitrogens with one attached hydrogen (secondary N) is 1. The molecule has 1 rings (SSSR count). The predicted molar refractivity (Wildman–Crippen MR) is 82.3 cm³/mol. The summed E-state index contributed by atoms with van der Waals surface area (Å²) in [5.74, 6) is 0.129. The first-order chi connectivity index (χ1) is 8.88. The van der Waals surface area contributed by atoms with Gasteiger partial charge in [-0.3, -0.25) is 0 Å². The number of anilines is 1. The Morgan fingerprint density at radius 2 is 2.05 bits per heavy atom. The van der Waals surface area contributed by atoms with Crippen LogP contribution in [0.15, 0.2) is 22.7 Å². The van der Waals surface area contributed by atoms with Crippen molar-refractivity contribution in [3.8, 4) is 0 Å². The maximum absolute atomic E-state index is 11.7. The maximum atomic E-state index is 11.7. The summed E-state index contributed by atoms with van der Waals surface area (Å²) in [6.07, 6.45) is 0. The molecule has 1 N–H and O–H groups in total. The Bertz CT molecular complexity index is 515. The summed E-state index contributed by atoms with van der Waals surface area (Å²) in [6, 6.07) is 5.76. The second kappa shape index (κ2) is 7.26. The van der Waals surface area contributed by atoms with Gasteiger partial charge in [0, 0.05) is 29.4 Å². The minimum absolute atomic E-state index is 0.129. The molecule has 0 aliphatic heterocycles. The number of hydrogen-bond donors (Lipinski definition) is 1. The van der Waals surface area contributed by atoms with Crippen LogP contribution in [0, 0.1) is 0 Å². The summed E-state index contributed by atoms with van der Waals surface area (Å²) in [7, 11) is -1.38. The molecule has 0 heterocycles. The van der Waals surface area contributed by atoms with Gasteiger partial charge < -0.3 is 10.1 Å².